The SMILES string of the molecule is CO[C@@H]1[C@@H](n2cc(-c3cc(F)c(F)c(F)c3)nn2)[C@@H](O)[C@@H](CO)O[C@@H]1Cc1cn(C2CCN([S+]([O-])C(C)(C)C)CC2)nn1. The molecule has 0 spiro atoms. The first kappa shape index (κ1) is 31.8. The van der Waals surface area contributed by atoms with Crippen molar-refractivity contribution in [3.63, 3.8) is 0 Å². The predicted molar refractivity (Wildman–Crippen MR) is 148 cm³/mol. The highest BCUT2D eigenvalue weighted by atomic mass is 32.2. The van der Waals surface area contributed by atoms with Crippen LogP contribution in [-0.2, 0) is 27.3 Å². The Kier molecular flexibility index (Phi) is 9.46. The molecule has 2 aliphatic rings. The summed E-state index contributed by atoms with van der Waals surface area (Å²) in [5.74, 6) is -4.34. The first-order chi connectivity index (χ1) is 20.4. The Morgan fingerprint density at radius 3 is 2.30 bits per heavy atom. The molecule has 2 aliphatic heterocycles. The van der Waals surface area contributed by atoms with Crippen molar-refractivity contribution in [3.05, 3.63) is 47.7 Å². The molecular weight excluding hydrogens is 591 g/mol. The molecular formula is C27H36F3N7O5S. The third-order valence-corrected chi connectivity index (χ3v) is 9.74. The molecule has 2 saturated heterocycles. The lowest BCUT2D eigenvalue weighted by Gasteiger charge is -2.43. The monoisotopic (exact) mass is 627 g/mol. The number of methoxy groups -OCH3 is 1. The summed E-state index contributed by atoms with van der Waals surface area (Å²) in [4.78, 5) is 0. The molecule has 6 atom stereocenters. The van der Waals surface area contributed by atoms with Crippen LogP contribution < -0.4 is 0 Å². The van der Waals surface area contributed by atoms with Gasteiger partial charge in [-0.1, -0.05) is 10.4 Å². The number of ether oxygens (including phenoxy) is 2. The van der Waals surface area contributed by atoms with Crippen LogP contribution in [0.15, 0.2) is 24.5 Å². The van der Waals surface area contributed by atoms with Gasteiger partial charge >= 0.3 is 0 Å². The second kappa shape index (κ2) is 12.8. The number of aliphatic hydroxyl groups excluding tert-OH is 2. The summed E-state index contributed by atoms with van der Waals surface area (Å²) in [5, 5.41) is 37.7. The molecule has 0 bridgehead atoms. The molecule has 16 heteroatoms. The maximum Gasteiger partial charge on any atom is 0.194 e. The average Bonchev–Trinajstić information content (AvgIpc) is 3.65. The van der Waals surface area contributed by atoms with Crippen molar-refractivity contribution in [2.75, 3.05) is 26.8 Å². The molecule has 0 radical (unpaired) electrons. The highest BCUT2D eigenvalue weighted by Crippen LogP contribution is 2.34. The molecule has 0 amide bonds. The van der Waals surface area contributed by atoms with E-state index >= 15 is 0 Å². The number of halogens is 3. The first-order valence-electron chi connectivity index (χ1n) is 14.0. The van der Waals surface area contributed by atoms with E-state index in [1.807, 2.05) is 31.3 Å². The molecule has 1 unspecified atom stereocenters. The number of aliphatic hydroxyl groups is 2. The van der Waals surface area contributed by atoms with E-state index in [4.69, 9.17) is 9.47 Å². The number of hydrogen-bond donors (Lipinski definition) is 2. The van der Waals surface area contributed by atoms with Gasteiger partial charge in [0.15, 0.2) is 17.5 Å². The van der Waals surface area contributed by atoms with Gasteiger partial charge in [0.05, 0.1) is 30.6 Å². The second-order valence-electron chi connectivity index (χ2n) is 11.8. The van der Waals surface area contributed by atoms with Crippen molar-refractivity contribution in [2.24, 2.45) is 0 Å². The fourth-order valence-corrected chi connectivity index (χ4v) is 6.96. The quantitative estimate of drug-likeness (QED) is 0.281. The van der Waals surface area contributed by atoms with Crippen LogP contribution in [0.5, 0.6) is 0 Å². The van der Waals surface area contributed by atoms with Crippen LogP contribution in [0.2, 0.25) is 0 Å². The van der Waals surface area contributed by atoms with E-state index in [1.165, 1.54) is 18.0 Å². The van der Waals surface area contributed by atoms with Crippen LogP contribution in [0.1, 0.15) is 51.4 Å². The maximum atomic E-state index is 13.8. The fraction of sp³-hybridized carbons (Fsp3) is 0.630. The van der Waals surface area contributed by atoms with Gasteiger partial charge in [0.25, 0.3) is 0 Å². The Bertz CT molecular complexity index is 1370. The minimum Gasteiger partial charge on any atom is -0.598 e. The topological polar surface area (TPSA) is 147 Å². The summed E-state index contributed by atoms with van der Waals surface area (Å²) >= 11 is -1.08. The van der Waals surface area contributed by atoms with Crippen LogP contribution in [0, 0.1) is 17.5 Å². The van der Waals surface area contributed by atoms with Gasteiger partial charge in [-0.25, -0.2) is 22.5 Å². The molecule has 0 aliphatic carbocycles. The third kappa shape index (κ3) is 6.60. The summed E-state index contributed by atoms with van der Waals surface area (Å²) in [6.45, 7) is 6.73. The highest BCUT2D eigenvalue weighted by molar-refractivity contribution is 7.90. The highest BCUT2D eigenvalue weighted by Gasteiger charge is 2.47. The van der Waals surface area contributed by atoms with Crippen molar-refractivity contribution < 1.29 is 37.4 Å². The van der Waals surface area contributed by atoms with Crippen LogP contribution in [0.25, 0.3) is 11.3 Å². The fourth-order valence-electron chi connectivity index (χ4n) is 5.64. The summed E-state index contributed by atoms with van der Waals surface area (Å²) in [5.41, 5.74) is 0.611. The molecule has 4 heterocycles. The molecule has 12 nitrogen and oxygen atoms in total. The average molecular weight is 628 g/mol. The van der Waals surface area contributed by atoms with Crippen LogP contribution in [0.4, 0.5) is 13.2 Å². The first-order valence-corrected chi connectivity index (χ1v) is 15.1. The van der Waals surface area contributed by atoms with Crippen molar-refractivity contribution in [1.82, 2.24) is 34.3 Å². The number of nitrogens with zero attached hydrogens (tertiary/aromatic N) is 7. The Morgan fingerprint density at radius 1 is 1.05 bits per heavy atom. The minimum atomic E-state index is -1.59. The lowest BCUT2D eigenvalue weighted by Crippen LogP contribution is -2.57. The van der Waals surface area contributed by atoms with Gasteiger partial charge < -0.3 is 24.2 Å². The van der Waals surface area contributed by atoms with Gasteiger partial charge in [-0.15, -0.1) is 14.5 Å². The second-order valence-corrected chi connectivity index (χ2v) is 14.1. The van der Waals surface area contributed by atoms with E-state index in [0.717, 1.165) is 25.0 Å². The maximum absolute atomic E-state index is 13.8. The van der Waals surface area contributed by atoms with E-state index in [1.54, 1.807) is 4.68 Å². The smallest absolute Gasteiger partial charge is 0.194 e. The molecule has 2 fully saturated rings. The summed E-state index contributed by atoms with van der Waals surface area (Å²) in [6, 6.07) is 0.796. The lowest BCUT2D eigenvalue weighted by molar-refractivity contribution is -0.212. The Labute approximate surface area is 250 Å². The van der Waals surface area contributed by atoms with Gasteiger partial charge in [-0.3, -0.25) is 0 Å². The molecule has 43 heavy (non-hydrogen) atoms. The number of benzene rings is 1. The normalized spacial score (nSPS) is 26.6. The van der Waals surface area contributed by atoms with E-state index < -0.39 is 65.9 Å². The molecule has 2 aromatic heterocycles. The molecule has 1 aromatic carbocycles. The van der Waals surface area contributed by atoms with Gasteiger partial charge in [-0.05, 0) is 45.7 Å². The van der Waals surface area contributed by atoms with Crippen LogP contribution >= 0.6 is 0 Å². The van der Waals surface area contributed by atoms with E-state index in [-0.39, 0.29) is 28.5 Å². The molecule has 2 N–H and O–H groups in total. The Hall–Kier alpha value is -2.60. The van der Waals surface area contributed by atoms with E-state index in [0.29, 0.717) is 18.8 Å². The molecule has 3 aromatic rings. The van der Waals surface area contributed by atoms with Gasteiger partial charge in [0, 0.05) is 49.7 Å². The van der Waals surface area contributed by atoms with Crippen molar-refractivity contribution >= 4 is 11.4 Å². The van der Waals surface area contributed by atoms with Crippen LogP contribution in [0.3, 0.4) is 0 Å². The summed E-state index contributed by atoms with van der Waals surface area (Å²) in [6.07, 6.45) is 1.19. The molecule has 5 rings (SSSR count). The number of rotatable bonds is 8. The van der Waals surface area contributed by atoms with Crippen LogP contribution in [-0.4, -0.2) is 105 Å². The summed E-state index contributed by atoms with van der Waals surface area (Å²) < 4.78 is 70.4. The number of piperidine rings is 1. The van der Waals surface area contributed by atoms with Gasteiger partial charge in [-0.2, -0.15) is 0 Å². The number of hydrogen-bond acceptors (Lipinski definition) is 10. The van der Waals surface area contributed by atoms with E-state index in [2.05, 4.69) is 20.6 Å². The molecule has 0 saturated carbocycles. The zero-order chi connectivity index (χ0) is 31.1. The largest absolute Gasteiger partial charge is 0.598 e. The number of aromatic nitrogens is 6. The van der Waals surface area contributed by atoms with Gasteiger partial charge in [0.1, 0.15) is 34.8 Å². The third-order valence-electron chi connectivity index (χ3n) is 7.85. The van der Waals surface area contributed by atoms with Gasteiger partial charge in [0.2, 0.25) is 0 Å². The predicted octanol–water partition coefficient (Wildman–Crippen LogP) is 1.97. The molecule has 236 valence electrons. The zero-order valence-corrected chi connectivity index (χ0v) is 25.1. The Balaban J connectivity index is 1.31. The standard InChI is InChI=1S/C27H36F3N7O5S/c1-27(2,3)43(40)35-7-5-17(6-8-35)36-12-16(31-33-36)11-21-26(41-4)24(25(39)22(14-38)42-21)37-13-20(32-34-37)15-9-18(28)23(30)19(29)10-15/h9-10,12-13,17,21-22,24-26,38-39H,5-8,11,14H2,1-4H3/t21-,22-,24+,25+,26+,43?/m1/s1. The van der Waals surface area contributed by atoms with E-state index in [9.17, 15) is 27.9 Å². The lowest BCUT2D eigenvalue weighted by atomic mass is 9.90. The zero-order valence-electron chi connectivity index (χ0n) is 24.3. The summed E-state index contributed by atoms with van der Waals surface area (Å²) in [7, 11) is 1.44. The van der Waals surface area contributed by atoms with Crippen molar-refractivity contribution in [1.29, 1.82) is 0 Å². The van der Waals surface area contributed by atoms with Crippen molar-refractivity contribution in [3.8, 4) is 11.3 Å². The Morgan fingerprint density at radius 2 is 1.70 bits per heavy atom. The van der Waals surface area contributed by atoms with Crippen molar-refractivity contribution in [2.45, 2.75) is 81.3 Å². The minimum absolute atomic E-state index is 0.0412.